The highest BCUT2D eigenvalue weighted by molar-refractivity contribution is 6.01. The van der Waals surface area contributed by atoms with Gasteiger partial charge in [-0.25, -0.2) is 13.8 Å². The Morgan fingerprint density at radius 2 is 1.88 bits per heavy atom. The molecule has 2 N–H and O–H groups in total. The van der Waals surface area contributed by atoms with E-state index in [4.69, 9.17) is 0 Å². The van der Waals surface area contributed by atoms with E-state index in [0.717, 1.165) is 10.1 Å². The van der Waals surface area contributed by atoms with Crippen LogP contribution in [0.4, 0.5) is 10.1 Å². The summed E-state index contributed by atoms with van der Waals surface area (Å²) >= 11 is 0. The maximum atomic E-state index is 13.3. The minimum Gasteiger partial charge on any atom is -0.493 e. The van der Waals surface area contributed by atoms with Gasteiger partial charge in [0.15, 0.2) is 0 Å². The maximum Gasteiger partial charge on any atom is 0.335 e. The van der Waals surface area contributed by atoms with E-state index >= 15 is 0 Å². The number of para-hydroxylation sites is 1. The molecular formula is C19H16FN3O3. The van der Waals surface area contributed by atoms with E-state index in [1.54, 1.807) is 37.3 Å². The number of aryl methyl sites for hydroxylation is 1. The van der Waals surface area contributed by atoms with Crippen molar-refractivity contribution in [1.82, 2.24) is 9.55 Å². The van der Waals surface area contributed by atoms with E-state index < -0.39 is 22.9 Å². The minimum absolute atomic E-state index is 0.150. The first-order valence-electron chi connectivity index (χ1n) is 7.84. The molecule has 3 rings (SSSR count). The number of benzene rings is 2. The fourth-order valence-electron chi connectivity index (χ4n) is 2.68. The van der Waals surface area contributed by atoms with Gasteiger partial charge < -0.3 is 5.11 Å². The number of nitrogens with zero attached hydrogens (tertiary/aromatic N) is 2. The van der Waals surface area contributed by atoms with Crippen molar-refractivity contribution in [2.45, 2.75) is 13.8 Å². The average Bonchev–Trinajstić information content (AvgIpc) is 2.56. The van der Waals surface area contributed by atoms with Crippen molar-refractivity contribution < 1.29 is 9.50 Å². The number of nitrogens with one attached hydrogen (secondary N) is 1. The molecule has 0 saturated heterocycles. The summed E-state index contributed by atoms with van der Waals surface area (Å²) in [7, 11) is 0. The highest BCUT2D eigenvalue weighted by Gasteiger charge is 2.18. The molecule has 0 fully saturated rings. The van der Waals surface area contributed by atoms with Gasteiger partial charge in [0.25, 0.3) is 5.56 Å². The summed E-state index contributed by atoms with van der Waals surface area (Å²) in [6.45, 7) is 3.28. The Balaban J connectivity index is 2.23. The Kier molecular flexibility index (Phi) is 4.53. The number of halogens is 1. The zero-order valence-electron chi connectivity index (χ0n) is 14.2. The third-order valence-corrected chi connectivity index (χ3v) is 3.91. The van der Waals surface area contributed by atoms with Gasteiger partial charge in [-0.1, -0.05) is 24.3 Å². The summed E-state index contributed by atoms with van der Waals surface area (Å²) in [6, 6.07) is 12.5. The van der Waals surface area contributed by atoms with Crippen molar-refractivity contribution in [2.75, 3.05) is 0 Å². The Labute approximate surface area is 147 Å². The van der Waals surface area contributed by atoms with Crippen LogP contribution in [0, 0.1) is 12.7 Å². The number of H-pyrrole nitrogens is 1. The van der Waals surface area contributed by atoms with Crippen LogP contribution in [0.5, 0.6) is 5.88 Å². The smallest absolute Gasteiger partial charge is 0.335 e. The van der Waals surface area contributed by atoms with Crippen molar-refractivity contribution in [3.8, 4) is 11.6 Å². The lowest BCUT2D eigenvalue weighted by Gasteiger charge is -2.13. The summed E-state index contributed by atoms with van der Waals surface area (Å²) in [5.74, 6) is -0.993. The van der Waals surface area contributed by atoms with E-state index in [1.165, 1.54) is 25.1 Å². The quantitative estimate of drug-likeness (QED) is 0.710. The second kappa shape index (κ2) is 6.79. The molecule has 2 aromatic carbocycles. The third kappa shape index (κ3) is 3.19. The predicted molar refractivity (Wildman–Crippen MR) is 97.3 cm³/mol. The predicted octanol–water partition coefficient (Wildman–Crippen LogP) is 2.82. The number of aromatic hydroxyl groups is 1. The van der Waals surface area contributed by atoms with Gasteiger partial charge in [-0.05, 0) is 43.7 Å². The summed E-state index contributed by atoms with van der Waals surface area (Å²) in [6.07, 6.45) is 0. The van der Waals surface area contributed by atoms with Gasteiger partial charge in [-0.2, -0.15) is 0 Å². The largest absolute Gasteiger partial charge is 0.493 e. The zero-order valence-corrected chi connectivity index (χ0v) is 14.2. The molecule has 0 bridgehead atoms. The van der Waals surface area contributed by atoms with Gasteiger partial charge in [-0.3, -0.25) is 14.8 Å². The normalized spacial score (nSPS) is 11.6. The highest BCUT2D eigenvalue weighted by atomic mass is 19.1. The first kappa shape index (κ1) is 17.3. The molecule has 0 unspecified atom stereocenters. The van der Waals surface area contributed by atoms with Gasteiger partial charge in [-0.15, -0.1) is 0 Å². The molecule has 1 heterocycles. The summed E-state index contributed by atoms with van der Waals surface area (Å²) < 4.78 is 14.3. The Bertz CT molecular complexity index is 1130. The van der Waals surface area contributed by atoms with Gasteiger partial charge in [0, 0.05) is 0 Å². The summed E-state index contributed by atoms with van der Waals surface area (Å²) in [4.78, 5) is 30.9. The molecule has 0 aliphatic rings. The summed E-state index contributed by atoms with van der Waals surface area (Å²) in [5.41, 5.74) is -0.0727. The number of hydrogen-bond donors (Lipinski definition) is 2. The Morgan fingerprint density at radius 3 is 2.58 bits per heavy atom. The molecule has 132 valence electrons. The molecular weight excluding hydrogens is 337 g/mol. The lowest BCUT2D eigenvalue weighted by molar-refractivity contribution is 0.429. The number of aromatic amines is 1. The fourth-order valence-corrected chi connectivity index (χ4v) is 2.68. The third-order valence-electron chi connectivity index (χ3n) is 3.91. The van der Waals surface area contributed by atoms with Crippen LogP contribution in [0.3, 0.4) is 0 Å². The van der Waals surface area contributed by atoms with Gasteiger partial charge in [0.2, 0.25) is 5.88 Å². The SMILES string of the molecule is CC(=Nc1cccc(F)c1)c1c(O)n(-c2ccccc2C)c(=O)[nH]c1=O. The second-order valence-corrected chi connectivity index (χ2v) is 5.76. The van der Waals surface area contributed by atoms with E-state index in [0.29, 0.717) is 5.69 Å². The zero-order chi connectivity index (χ0) is 18.8. The van der Waals surface area contributed by atoms with E-state index in [-0.39, 0.29) is 17.0 Å². The second-order valence-electron chi connectivity index (χ2n) is 5.76. The molecule has 0 aliphatic carbocycles. The Morgan fingerprint density at radius 1 is 1.15 bits per heavy atom. The van der Waals surface area contributed by atoms with Crippen LogP contribution in [-0.2, 0) is 0 Å². The monoisotopic (exact) mass is 353 g/mol. The number of rotatable bonds is 3. The molecule has 3 aromatic rings. The number of aromatic nitrogens is 2. The van der Waals surface area contributed by atoms with Crippen LogP contribution < -0.4 is 11.2 Å². The van der Waals surface area contributed by atoms with Crippen LogP contribution in [-0.4, -0.2) is 20.4 Å². The molecule has 0 amide bonds. The first-order valence-corrected chi connectivity index (χ1v) is 7.84. The lowest BCUT2D eigenvalue weighted by atomic mass is 10.1. The van der Waals surface area contributed by atoms with Gasteiger partial charge in [0.05, 0.1) is 17.1 Å². The summed E-state index contributed by atoms with van der Waals surface area (Å²) in [5, 5.41) is 10.6. The molecule has 26 heavy (non-hydrogen) atoms. The van der Waals surface area contributed by atoms with Crippen molar-refractivity contribution in [3.63, 3.8) is 0 Å². The standard InChI is InChI=1S/C19H16FN3O3/c1-11-6-3-4-9-15(11)23-18(25)16(17(24)22-19(23)26)12(2)21-14-8-5-7-13(20)10-14/h3-10,25H,1-2H3,(H,22,24,26). The van der Waals surface area contributed by atoms with Crippen LogP contribution in [0.25, 0.3) is 5.69 Å². The van der Waals surface area contributed by atoms with Crippen molar-refractivity contribution in [3.05, 3.63) is 86.3 Å². The maximum absolute atomic E-state index is 13.3. The van der Waals surface area contributed by atoms with Crippen LogP contribution in [0.2, 0.25) is 0 Å². The van der Waals surface area contributed by atoms with Crippen LogP contribution in [0.1, 0.15) is 18.1 Å². The van der Waals surface area contributed by atoms with Crippen molar-refractivity contribution in [1.29, 1.82) is 0 Å². The molecule has 7 heteroatoms. The highest BCUT2D eigenvalue weighted by Crippen LogP contribution is 2.21. The topological polar surface area (TPSA) is 87.4 Å². The van der Waals surface area contributed by atoms with E-state index in [9.17, 15) is 19.1 Å². The lowest BCUT2D eigenvalue weighted by Crippen LogP contribution is -2.33. The molecule has 0 atom stereocenters. The van der Waals surface area contributed by atoms with E-state index in [2.05, 4.69) is 9.98 Å². The molecule has 0 spiro atoms. The number of hydrogen-bond acceptors (Lipinski definition) is 4. The fraction of sp³-hybridized carbons (Fsp3) is 0.105. The first-order chi connectivity index (χ1) is 12.4. The van der Waals surface area contributed by atoms with E-state index in [1.807, 2.05) is 0 Å². The van der Waals surface area contributed by atoms with Gasteiger partial charge in [0.1, 0.15) is 11.4 Å². The van der Waals surface area contributed by atoms with Crippen LogP contribution >= 0.6 is 0 Å². The Hall–Kier alpha value is -3.48. The average molecular weight is 353 g/mol. The molecule has 0 saturated carbocycles. The van der Waals surface area contributed by atoms with Gasteiger partial charge >= 0.3 is 5.69 Å². The molecule has 1 aromatic heterocycles. The van der Waals surface area contributed by atoms with Crippen LogP contribution in [0.15, 0.2) is 63.1 Å². The van der Waals surface area contributed by atoms with Crippen molar-refractivity contribution in [2.24, 2.45) is 4.99 Å². The molecule has 0 aliphatic heterocycles. The minimum atomic E-state index is -0.769. The van der Waals surface area contributed by atoms with Crippen molar-refractivity contribution >= 4 is 11.4 Å². The number of aliphatic imine (C=N–C) groups is 1. The molecule has 0 radical (unpaired) electrons. The molecule has 6 nitrogen and oxygen atoms in total.